The Bertz CT molecular complexity index is 1020. The molecule has 1 aliphatic rings. The van der Waals surface area contributed by atoms with Crippen molar-refractivity contribution >= 4 is 34.9 Å². The quantitative estimate of drug-likeness (QED) is 0.583. The van der Waals surface area contributed by atoms with Gasteiger partial charge in [0.25, 0.3) is 11.6 Å². The molecule has 2 aromatic carbocycles. The number of rotatable bonds is 3. The lowest BCUT2D eigenvalue weighted by Crippen LogP contribution is -2.51. The van der Waals surface area contributed by atoms with Crippen molar-refractivity contribution in [2.45, 2.75) is 13.8 Å². The number of benzene rings is 2. The summed E-state index contributed by atoms with van der Waals surface area (Å²) >= 11 is 6.07. The summed E-state index contributed by atoms with van der Waals surface area (Å²) < 4.78 is 14.0. The lowest BCUT2D eigenvalue weighted by molar-refractivity contribution is -0.385. The van der Waals surface area contributed by atoms with E-state index < -0.39 is 22.3 Å². The molecule has 158 valence electrons. The van der Waals surface area contributed by atoms with Gasteiger partial charge in [-0.15, -0.1) is 0 Å². The monoisotopic (exact) mass is 434 g/mol. The maximum Gasteiger partial charge on any atom is 0.321 e. The fraction of sp³-hybridized carbons (Fsp3) is 0.300. The molecular weight excluding hydrogens is 415 g/mol. The highest BCUT2D eigenvalue weighted by atomic mass is 35.5. The molecule has 0 radical (unpaired) electrons. The van der Waals surface area contributed by atoms with Crippen LogP contribution in [0.25, 0.3) is 0 Å². The van der Waals surface area contributed by atoms with Crippen molar-refractivity contribution in [2.75, 3.05) is 31.5 Å². The van der Waals surface area contributed by atoms with Gasteiger partial charge in [-0.1, -0.05) is 17.7 Å². The number of nitro groups is 1. The number of urea groups is 1. The molecule has 1 aliphatic heterocycles. The van der Waals surface area contributed by atoms with E-state index in [9.17, 15) is 24.1 Å². The second-order valence-electron chi connectivity index (χ2n) is 7.03. The predicted octanol–water partition coefficient (Wildman–Crippen LogP) is 3.99. The average molecular weight is 435 g/mol. The van der Waals surface area contributed by atoms with Gasteiger partial charge in [-0.05, 0) is 37.6 Å². The van der Waals surface area contributed by atoms with Gasteiger partial charge in [-0.3, -0.25) is 14.9 Å². The second kappa shape index (κ2) is 8.66. The van der Waals surface area contributed by atoms with Crippen molar-refractivity contribution in [3.63, 3.8) is 0 Å². The standard InChI is InChI=1S/C20H20ClFN4O4/c1-12-3-4-15(11-16(12)21)23-20(28)25-7-5-24(6-8-25)19(27)14-9-17(22)13(2)18(10-14)26(29)30/h3-4,9-11H,5-8H2,1-2H3,(H,23,28). The number of hydrogen-bond donors (Lipinski definition) is 1. The summed E-state index contributed by atoms with van der Waals surface area (Å²) in [5.41, 5.74) is 0.825. The number of amides is 3. The van der Waals surface area contributed by atoms with E-state index >= 15 is 0 Å². The molecule has 0 bridgehead atoms. The van der Waals surface area contributed by atoms with Gasteiger partial charge >= 0.3 is 6.03 Å². The van der Waals surface area contributed by atoms with Crippen LogP contribution in [0.15, 0.2) is 30.3 Å². The van der Waals surface area contributed by atoms with E-state index in [-0.39, 0.29) is 43.3 Å². The number of nitrogens with one attached hydrogen (secondary N) is 1. The third kappa shape index (κ3) is 4.51. The molecule has 3 amide bonds. The molecule has 0 spiro atoms. The second-order valence-corrected chi connectivity index (χ2v) is 7.44. The number of nitrogens with zero attached hydrogens (tertiary/aromatic N) is 3. The Labute approximate surface area is 177 Å². The maximum absolute atomic E-state index is 14.0. The van der Waals surface area contributed by atoms with Gasteiger partial charge in [0.1, 0.15) is 5.82 Å². The minimum absolute atomic E-state index is 0.0861. The lowest BCUT2D eigenvalue weighted by atomic mass is 10.1. The predicted molar refractivity (Wildman–Crippen MR) is 110 cm³/mol. The molecule has 2 aromatic rings. The Balaban J connectivity index is 1.63. The minimum Gasteiger partial charge on any atom is -0.335 e. The first-order valence-corrected chi connectivity index (χ1v) is 9.61. The van der Waals surface area contributed by atoms with Crippen molar-refractivity contribution < 1.29 is 18.9 Å². The summed E-state index contributed by atoms with van der Waals surface area (Å²) in [5, 5.41) is 14.4. The van der Waals surface area contributed by atoms with Crippen LogP contribution in [0.1, 0.15) is 21.5 Å². The van der Waals surface area contributed by atoms with Gasteiger partial charge in [-0.25, -0.2) is 9.18 Å². The first-order valence-electron chi connectivity index (χ1n) is 9.23. The normalized spacial score (nSPS) is 13.9. The number of nitro benzene ring substituents is 1. The molecule has 1 N–H and O–H groups in total. The largest absolute Gasteiger partial charge is 0.335 e. The van der Waals surface area contributed by atoms with E-state index in [0.717, 1.165) is 17.7 Å². The Morgan fingerprint density at radius 1 is 1.10 bits per heavy atom. The van der Waals surface area contributed by atoms with Crippen LogP contribution in [0, 0.1) is 29.8 Å². The molecule has 30 heavy (non-hydrogen) atoms. The van der Waals surface area contributed by atoms with Crippen LogP contribution < -0.4 is 5.32 Å². The zero-order valence-electron chi connectivity index (χ0n) is 16.4. The summed E-state index contributed by atoms with van der Waals surface area (Å²) in [7, 11) is 0. The molecule has 1 heterocycles. The molecule has 0 atom stereocenters. The highest BCUT2D eigenvalue weighted by Crippen LogP contribution is 2.24. The zero-order valence-corrected chi connectivity index (χ0v) is 17.2. The SMILES string of the molecule is Cc1ccc(NC(=O)N2CCN(C(=O)c3cc(F)c(C)c([N+](=O)[O-])c3)CC2)cc1Cl. The van der Waals surface area contributed by atoms with Crippen molar-refractivity contribution in [1.29, 1.82) is 0 Å². The number of carbonyl (C=O) groups excluding carboxylic acids is 2. The van der Waals surface area contributed by atoms with E-state index in [0.29, 0.717) is 10.7 Å². The smallest absolute Gasteiger partial charge is 0.321 e. The van der Waals surface area contributed by atoms with Crippen LogP contribution in [0.3, 0.4) is 0 Å². The van der Waals surface area contributed by atoms with E-state index in [2.05, 4.69) is 5.32 Å². The number of hydrogen-bond acceptors (Lipinski definition) is 4. The third-order valence-corrected chi connectivity index (χ3v) is 5.44. The van der Waals surface area contributed by atoms with E-state index in [4.69, 9.17) is 11.6 Å². The van der Waals surface area contributed by atoms with E-state index in [1.165, 1.54) is 11.8 Å². The zero-order chi connectivity index (χ0) is 22.0. The maximum atomic E-state index is 14.0. The molecule has 0 aliphatic carbocycles. The van der Waals surface area contributed by atoms with Gasteiger partial charge in [0.05, 0.1) is 10.5 Å². The first kappa shape index (κ1) is 21.5. The highest BCUT2D eigenvalue weighted by Gasteiger charge is 2.27. The van der Waals surface area contributed by atoms with Crippen molar-refractivity contribution in [3.05, 3.63) is 68.0 Å². The van der Waals surface area contributed by atoms with Crippen LogP contribution in [-0.2, 0) is 0 Å². The number of carbonyl (C=O) groups is 2. The number of halogens is 2. The minimum atomic E-state index is -0.803. The third-order valence-electron chi connectivity index (χ3n) is 5.04. The molecular formula is C20H20ClFN4O4. The van der Waals surface area contributed by atoms with Gasteiger partial charge < -0.3 is 15.1 Å². The number of aryl methyl sites for hydroxylation is 1. The van der Waals surface area contributed by atoms with Gasteiger partial charge in [0, 0.05) is 48.5 Å². The number of anilines is 1. The van der Waals surface area contributed by atoms with Crippen molar-refractivity contribution in [3.8, 4) is 0 Å². The number of piperazine rings is 1. The Kier molecular flexibility index (Phi) is 6.21. The highest BCUT2D eigenvalue weighted by molar-refractivity contribution is 6.31. The topological polar surface area (TPSA) is 95.8 Å². The van der Waals surface area contributed by atoms with Gasteiger partial charge in [0.15, 0.2) is 0 Å². The average Bonchev–Trinajstić information content (AvgIpc) is 2.72. The van der Waals surface area contributed by atoms with E-state index in [1.807, 2.05) is 6.92 Å². The van der Waals surface area contributed by atoms with Crippen molar-refractivity contribution in [1.82, 2.24) is 9.80 Å². The van der Waals surface area contributed by atoms with E-state index in [1.54, 1.807) is 23.1 Å². The first-order chi connectivity index (χ1) is 14.2. The summed E-state index contributed by atoms with van der Waals surface area (Å²) in [6.45, 7) is 4.15. The molecule has 8 nitrogen and oxygen atoms in total. The fourth-order valence-electron chi connectivity index (χ4n) is 3.15. The molecule has 10 heteroatoms. The molecule has 0 saturated carbocycles. The summed E-state index contributed by atoms with van der Waals surface area (Å²) in [5.74, 6) is -1.32. The molecule has 1 saturated heterocycles. The van der Waals surface area contributed by atoms with Crippen LogP contribution in [0.5, 0.6) is 0 Å². The Morgan fingerprint density at radius 2 is 1.73 bits per heavy atom. The summed E-state index contributed by atoms with van der Waals surface area (Å²) in [4.78, 5) is 38.5. The van der Waals surface area contributed by atoms with Crippen LogP contribution in [0.2, 0.25) is 5.02 Å². The molecule has 1 fully saturated rings. The molecule has 0 unspecified atom stereocenters. The van der Waals surface area contributed by atoms with Crippen LogP contribution in [0.4, 0.5) is 20.6 Å². The van der Waals surface area contributed by atoms with Crippen LogP contribution >= 0.6 is 11.6 Å². The Hall–Kier alpha value is -3.20. The Morgan fingerprint density at radius 3 is 2.33 bits per heavy atom. The fourth-order valence-corrected chi connectivity index (χ4v) is 3.33. The van der Waals surface area contributed by atoms with Crippen molar-refractivity contribution in [2.24, 2.45) is 0 Å². The van der Waals surface area contributed by atoms with Crippen LogP contribution in [-0.4, -0.2) is 52.8 Å². The van der Waals surface area contributed by atoms with Gasteiger partial charge in [0.2, 0.25) is 0 Å². The molecule has 0 aromatic heterocycles. The lowest BCUT2D eigenvalue weighted by Gasteiger charge is -2.34. The summed E-state index contributed by atoms with van der Waals surface area (Å²) in [6.07, 6.45) is 0. The van der Waals surface area contributed by atoms with Gasteiger partial charge in [-0.2, -0.15) is 0 Å². The molecule has 3 rings (SSSR count). The summed E-state index contributed by atoms with van der Waals surface area (Å²) in [6, 6.07) is 6.98.